The zero-order valence-corrected chi connectivity index (χ0v) is 23.1. The summed E-state index contributed by atoms with van der Waals surface area (Å²) in [7, 11) is -2.65. The number of hydrogen-bond acceptors (Lipinski definition) is 8. The summed E-state index contributed by atoms with van der Waals surface area (Å²) in [6.07, 6.45) is 0.0511. The Labute approximate surface area is 235 Å². The number of likely N-dealkylation sites (tertiary alicyclic amines) is 1. The number of nitrogens with zero attached hydrogens (tertiary/aromatic N) is 3. The van der Waals surface area contributed by atoms with Crippen LogP contribution < -0.4 is 9.50 Å². The number of amides is 3. The van der Waals surface area contributed by atoms with E-state index < -0.39 is 56.9 Å². The molecule has 3 heterocycles. The number of hydrogen-bond donors (Lipinski definition) is 2. The average Bonchev–Trinajstić information content (AvgIpc) is 3.24. The van der Waals surface area contributed by atoms with Crippen LogP contribution >= 0.6 is 0 Å². The molecule has 0 aromatic heterocycles. The molecule has 3 aliphatic heterocycles. The molecule has 3 aliphatic rings. The van der Waals surface area contributed by atoms with Gasteiger partial charge in [0.2, 0.25) is 11.8 Å². The highest BCUT2D eigenvalue weighted by Gasteiger charge is 2.45. The Morgan fingerprint density at radius 1 is 1.15 bits per heavy atom. The fourth-order valence-electron chi connectivity index (χ4n) is 5.51. The number of para-hydroxylation sites is 1. The maximum Gasteiger partial charge on any atom is 0.384 e. The van der Waals surface area contributed by atoms with Gasteiger partial charge in [-0.05, 0) is 37.5 Å². The summed E-state index contributed by atoms with van der Waals surface area (Å²) < 4.78 is 62.2. The van der Waals surface area contributed by atoms with E-state index in [1.54, 1.807) is 18.2 Å². The van der Waals surface area contributed by atoms with Crippen molar-refractivity contribution in [2.75, 3.05) is 33.2 Å². The number of halogens is 2. The van der Waals surface area contributed by atoms with Crippen LogP contribution in [-0.2, 0) is 32.0 Å². The summed E-state index contributed by atoms with van der Waals surface area (Å²) >= 11 is 0. The van der Waals surface area contributed by atoms with Gasteiger partial charge in [0.05, 0.1) is 23.3 Å². The van der Waals surface area contributed by atoms with Crippen LogP contribution in [0.1, 0.15) is 47.2 Å². The highest BCUT2D eigenvalue weighted by atomic mass is 32.2. The van der Waals surface area contributed by atoms with Crippen molar-refractivity contribution in [3.8, 4) is 5.75 Å². The third kappa shape index (κ3) is 5.69. The molecule has 220 valence electrons. The summed E-state index contributed by atoms with van der Waals surface area (Å²) in [6, 6.07) is 8.00. The van der Waals surface area contributed by atoms with Gasteiger partial charge < -0.3 is 19.1 Å². The number of fused-ring (bicyclic) bond motifs is 1. The van der Waals surface area contributed by atoms with Crippen molar-refractivity contribution in [2.24, 2.45) is 0 Å². The third-order valence-corrected chi connectivity index (χ3v) is 9.28. The van der Waals surface area contributed by atoms with E-state index in [-0.39, 0.29) is 68.7 Å². The maximum absolute atomic E-state index is 15.8. The number of imide groups is 1. The Morgan fingerprint density at radius 2 is 1.83 bits per heavy atom. The van der Waals surface area contributed by atoms with Gasteiger partial charge in [-0.25, -0.2) is 8.78 Å². The van der Waals surface area contributed by atoms with Gasteiger partial charge in [0.1, 0.15) is 23.4 Å². The zero-order chi connectivity index (χ0) is 29.5. The van der Waals surface area contributed by atoms with Crippen molar-refractivity contribution in [1.29, 1.82) is 0 Å². The average molecular weight is 593 g/mol. The molecule has 2 fully saturated rings. The smallest absolute Gasteiger partial charge is 0.384 e. The van der Waals surface area contributed by atoms with E-state index in [0.717, 1.165) is 15.3 Å². The first-order chi connectivity index (χ1) is 19.4. The van der Waals surface area contributed by atoms with E-state index in [2.05, 4.69) is 5.32 Å². The van der Waals surface area contributed by atoms with E-state index in [0.29, 0.717) is 6.54 Å². The second-order valence-corrected chi connectivity index (χ2v) is 12.2. The second kappa shape index (κ2) is 11.1. The van der Waals surface area contributed by atoms with Gasteiger partial charge in [-0.2, -0.15) is 12.7 Å². The number of rotatable bonds is 8. The fraction of sp³-hybridized carbons (Fsp3) is 0.444. The lowest BCUT2D eigenvalue weighted by molar-refractivity contribution is -0.136. The van der Waals surface area contributed by atoms with Gasteiger partial charge in [0.25, 0.3) is 5.91 Å². The van der Waals surface area contributed by atoms with Gasteiger partial charge >= 0.3 is 10.3 Å². The van der Waals surface area contributed by atoms with Crippen molar-refractivity contribution >= 4 is 28.0 Å². The zero-order valence-electron chi connectivity index (χ0n) is 22.3. The normalized spacial score (nSPS) is 21.2. The number of carbonyl (C=O) groups is 3. The van der Waals surface area contributed by atoms with E-state index in [4.69, 9.17) is 4.18 Å². The molecular formula is C27H30F2N4O7S. The maximum atomic E-state index is 15.8. The SMILES string of the molecule is CN(CCN1CCC(O)(c2c(F)cc3c(c2F)CN(C2CCC(=O)NC2=O)C3=O)CC1)S(=O)(=O)Oc1ccccc1. The molecule has 1 atom stereocenters. The Kier molecular flexibility index (Phi) is 7.85. The summed E-state index contributed by atoms with van der Waals surface area (Å²) in [4.78, 5) is 39.7. The minimum absolute atomic E-state index is 0.0245. The molecule has 2 N–H and O–H groups in total. The molecule has 11 nitrogen and oxygen atoms in total. The van der Waals surface area contributed by atoms with Crippen molar-refractivity contribution in [3.05, 3.63) is 64.7 Å². The Bertz CT molecular complexity index is 1480. The molecule has 0 saturated carbocycles. The molecule has 2 aromatic rings. The lowest BCUT2D eigenvalue weighted by atomic mass is 9.82. The number of piperidine rings is 2. The van der Waals surface area contributed by atoms with Crippen LogP contribution in [0.5, 0.6) is 5.75 Å². The molecule has 3 amide bonds. The van der Waals surface area contributed by atoms with Crippen molar-refractivity contribution < 1.29 is 40.9 Å². The molecule has 5 rings (SSSR count). The van der Waals surface area contributed by atoms with Crippen molar-refractivity contribution in [1.82, 2.24) is 19.4 Å². The number of nitrogens with one attached hydrogen (secondary N) is 1. The number of aliphatic hydroxyl groups is 1. The second-order valence-electron chi connectivity index (χ2n) is 10.5. The largest absolute Gasteiger partial charge is 0.385 e. The predicted octanol–water partition coefficient (Wildman–Crippen LogP) is 1.26. The minimum atomic E-state index is -4.04. The summed E-state index contributed by atoms with van der Waals surface area (Å²) in [5.74, 6) is -3.74. The van der Waals surface area contributed by atoms with Crippen LogP contribution in [0, 0.1) is 11.6 Å². The first-order valence-electron chi connectivity index (χ1n) is 13.2. The quantitative estimate of drug-likeness (QED) is 0.438. The van der Waals surface area contributed by atoms with E-state index >= 15 is 8.78 Å². The summed E-state index contributed by atoms with van der Waals surface area (Å²) in [5.41, 5.74) is -2.68. The minimum Gasteiger partial charge on any atom is -0.385 e. The van der Waals surface area contributed by atoms with E-state index in [9.17, 15) is 27.9 Å². The molecule has 41 heavy (non-hydrogen) atoms. The van der Waals surface area contributed by atoms with Crippen LogP contribution in [-0.4, -0.2) is 84.6 Å². The Balaban J connectivity index is 1.23. The standard InChI is InChI=1S/C27H30F2N4O7S/c1-31(41(38,39)40-17-5-3-2-4-6-17)13-14-32-11-9-27(37,10-12-32)23-20(28)15-18-19(24(23)29)16-33(26(18)36)21-7-8-22(34)30-25(21)35/h2-6,15,21,37H,7-14,16H2,1H3,(H,30,34,35). The fourth-order valence-corrected chi connectivity index (χ4v) is 6.30. The lowest BCUT2D eigenvalue weighted by Gasteiger charge is -2.39. The van der Waals surface area contributed by atoms with Crippen LogP contribution in [0.2, 0.25) is 0 Å². The molecular weight excluding hydrogens is 562 g/mol. The first-order valence-corrected chi connectivity index (χ1v) is 14.6. The van der Waals surface area contributed by atoms with E-state index in [1.807, 2.05) is 4.90 Å². The van der Waals surface area contributed by atoms with Gasteiger partial charge in [-0.15, -0.1) is 0 Å². The number of carbonyl (C=O) groups excluding carboxylic acids is 3. The molecule has 0 aliphatic carbocycles. The van der Waals surface area contributed by atoms with Gasteiger partial charge in [0.15, 0.2) is 0 Å². The summed E-state index contributed by atoms with van der Waals surface area (Å²) in [5, 5.41) is 13.5. The lowest BCUT2D eigenvalue weighted by Crippen LogP contribution is -2.52. The highest BCUT2D eigenvalue weighted by Crippen LogP contribution is 2.40. The molecule has 2 aromatic carbocycles. The molecule has 14 heteroatoms. The third-order valence-electron chi connectivity index (χ3n) is 7.93. The Morgan fingerprint density at radius 3 is 2.49 bits per heavy atom. The van der Waals surface area contributed by atoms with Gasteiger partial charge in [-0.3, -0.25) is 19.7 Å². The van der Waals surface area contributed by atoms with Crippen LogP contribution in [0.15, 0.2) is 36.4 Å². The molecule has 0 radical (unpaired) electrons. The molecule has 0 spiro atoms. The van der Waals surface area contributed by atoms with Crippen LogP contribution in [0.3, 0.4) is 0 Å². The van der Waals surface area contributed by atoms with Gasteiger partial charge in [0, 0.05) is 45.2 Å². The monoisotopic (exact) mass is 592 g/mol. The highest BCUT2D eigenvalue weighted by molar-refractivity contribution is 7.84. The van der Waals surface area contributed by atoms with Crippen molar-refractivity contribution in [2.45, 2.75) is 43.9 Å². The van der Waals surface area contributed by atoms with Crippen LogP contribution in [0.25, 0.3) is 0 Å². The number of likely N-dealkylation sites (N-methyl/N-ethyl adjacent to an activating group) is 1. The molecule has 2 saturated heterocycles. The number of benzene rings is 2. The van der Waals surface area contributed by atoms with E-state index in [1.165, 1.54) is 19.2 Å². The topological polar surface area (TPSA) is 137 Å². The van der Waals surface area contributed by atoms with Crippen LogP contribution in [0.4, 0.5) is 8.78 Å². The van der Waals surface area contributed by atoms with Gasteiger partial charge in [-0.1, -0.05) is 18.2 Å². The van der Waals surface area contributed by atoms with Crippen molar-refractivity contribution in [3.63, 3.8) is 0 Å². The Hall–Kier alpha value is -3.46. The molecule has 0 bridgehead atoms. The first kappa shape index (κ1) is 29.0. The molecule has 1 unspecified atom stereocenters. The summed E-state index contributed by atoms with van der Waals surface area (Å²) in [6.45, 7) is 0.581. The predicted molar refractivity (Wildman–Crippen MR) is 141 cm³/mol.